The second-order valence-electron chi connectivity index (χ2n) is 6.30. The zero-order chi connectivity index (χ0) is 17.8. The van der Waals surface area contributed by atoms with E-state index in [0.29, 0.717) is 5.56 Å². The molecule has 0 aliphatic carbocycles. The number of nitrogens with zero attached hydrogens (tertiary/aromatic N) is 3. The minimum atomic E-state index is -0.173. The fourth-order valence-electron chi connectivity index (χ4n) is 3.21. The van der Waals surface area contributed by atoms with Crippen molar-refractivity contribution < 1.29 is 9.53 Å². The van der Waals surface area contributed by atoms with Crippen LogP contribution in [0, 0.1) is 0 Å². The molecule has 1 saturated heterocycles. The van der Waals surface area contributed by atoms with Gasteiger partial charge in [-0.05, 0) is 30.5 Å². The highest BCUT2D eigenvalue weighted by Crippen LogP contribution is 2.27. The summed E-state index contributed by atoms with van der Waals surface area (Å²) < 4.78 is 7.48. The summed E-state index contributed by atoms with van der Waals surface area (Å²) in [6.45, 7) is 0.739. The van der Waals surface area contributed by atoms with Crippen LogP contribution in [-0.2, 0) is 4.74 Å². The van der Waals surface area contributed by atoms with E-state index in [1.165, 1.54) is 0 Å². The molecule has 0 saturated carbocycles. The summed E-state index contributed by atoms with van der Waals surface area (Å²) in [5.74, 6) is -0.163. The maximum atomic E-state index is 12.8. The Morgan fingerprint density at radius 2 is 2.08 bits per heavy atom. The number of hydrogen-bond acceptors (Lipinski definition) is 4. The Bertz CT molecular complexity index is 858. The van der Waals surface area contributed by atoms with Crippen LogP contribution in [0.5, 0.6) is 0 Å². The lowest BCUT2D eigenvalue weighted by Gasteiger charge is -2.24. The van der Waals surface area contributed by atoms with Gasteiger partial charge in [0, 0.05) is 19.0 Å². The molecule has 0 unspecified atom stereocenters. The molecule has 1 amide bonds. The number of benzene rings is 1. The number of pyridine rings is 1. The molecule has 1 aliphatic heterocycles. The third-order valence-corrected chi connectivity index (χ3v) is 4.54. The van der Waals surface area contributed by atoms with Crippen LogP contribution in [0.15, 0.2) is 67.3 Å². The molecule has 4 rings (SSSR count). The molecule has 1 aliphatic rings. The van der Waals surface area contributed by atoms with E-state index in [4.69, 9.17) is 4.74 Å². The van der Waals surface area contributed by atoms with E-state index in [-0.39, 0.29) is 18.1 Å². The molecule has 0 bridgehead atoms. The third kappa shape index (κ3) is 3.50. The maximum absolute atomic E-state index is 12.8. The van der Waals surface area contributed by atoms with Crippen molar-refractivity contribution in [3.63, 3.8) is 0 Å². The number of rotatable bonds is 5. The fraction of sp³-hybridized carbons (Fsp3) is 0.250. The summed E-state index contributed by atoms with van der Waals surface area (Å²) in [6.07, 6.45) is 8.64. The number of ether oxygens (including phenoxy) is 1. The van der Waals surface area contributed by atoms with Crippen molar-refractivity contribution in [1.82, 2.24) is 20.1 Å². The molecule has 1 aromatic carbocycles. The van der Waals surface area contributed by atoms with Crippen molar-refractivity contribution in [2.75, 3.05) is 6.61 Å². The molecule has 1 fully saturated rings. The van der Waals surface area contributed by atoms with E-state index in [2.05, 4.69) is 15.4 Å². The van der Waals surface area contributed by atoms with Crippen molar-refractivity contribution in [2.24, 2.45) is 0 Å². The lowest BCUT2D eigenvalue weighted by atomic mass is 9.99. The lowest BCUT2D eigenvalue weighted by Crippen LogP contribution is -2.36. The van der Waals surface area contributed by atoms with Gasteiger partial charge in [0.25, 0.3) is 5.91 Å². The highest BCUT2D eigenvalue weighted by molar-refractivity contribution is 5.94. The molecule has 3 heterocycles. The average Bonchev–Trinajstić information content (AvgIpc) is 3.39. The Morgan fingerprint density at radius 3 is 2.81 bits per heavy atom. The number of carbonyl (C=O) groups is 1. The van der Waals surface area contributed by atoms with E-state index in [0.717, 1.165) is 30.7 Å². The van der Waals surface area contributed by atoms with Crippen LogP contribution in [-0.4, -0.2) is 33.4 Å². The van der Waals surface area contributed by atoms with Gasteiger partial charge in [0.2, 0.25) is 0 Å². The van der Waals surface area contributed by atoms with Crippen LogP contribution < -0.4 is 5.32 Å². The van der Waals surface area contributed by atoms with E-state index in [1.807, 2.05) is 42.5 Å². The predicted octanol–water partition coefficient (Wildman–Crippen LogP) is 2.92. The molecule has 0 radical (unpaired) electrons. The van der Waals surface area contributed by atoms with Crippen LogP contribution in [0.4, 0.5) is 0 Å². The first-order valence-corrected chi connectivity index (χ1v) is 8.74. The number of aromatic nitrogens is 3. The van der Waals surface area contributed by atoms with Crippen LogP contribution in [0.2, 0.25) is 0 Å². The zero-order valence-corrected chi connectivity index (χ0v) is 14.3. The largest absolute Gasteiger partial charge is 0.376 e. The van der Waals surface area contributed by atoms with Gasteiger partial charge in [0.15, 0.2) is 0 Å². The SMILES string of the molecule is O=C(N[C@@H](c1ccccc1)[C@@H]1CCCO1)c1cnn(-c2cccnc2)c1. The molecule has 0 spiro atoms. The van der Waals surface area contributed by atoms with Gasteiger partial charge in [0.1, 0.15) is 0 Å². The first kappa shape index (κ1) is 16.5. The van der Waals surface area contributed by atoms with Gasteiger partial charge in [-0.3, -0.25) is 9.78 Å². The molecular formula is C20H20N4O2. The molecule has 2 atom stereocenters. The fourth-order valence-corrected chi connectivity index (χ4v) is 3.21. The summed E-state index contributed by atoms with van der Waals surface area (Å²) in [5, 5.41) is 7.39. The van der Waals surface area contributed by atoms with E-state index < -0.39 is 0 Å². The Balaban J connectivity index is 1.54. The van der Waals surface area contributed by atoms with Gasteiger partial charge >= 0.3 is 0 Å². The summed E-state index contributed by atoms with van der Waals surface area (Å²) in [5.41, 5.74) is 2.37. The van der Waals surface area contributed by atoms with Crippen molar-refractivity contribution >= 4 is 5.91 Å². The zero-order valence-electron chi connectivity index (χ0n) is 14.3. The average molecular weight is 348 g/mol. The van der Waals surface area contributed by atoms with Gasteiger partial charge in [-0.15, -0.1) is 0 Å². The summed E-state index contributed by atoms with van der Waals surface area (Å²) in [7, 11) is 0. The molecule has 6 nitrogen and oxygen atoms in total. The molecule has 6 heteroatoms. The number of nitrogens with one attached hydrogen (secondary N) is 1. The Hall–Kier alpha value is -2.99. The van der Waals surface area contributed by atoms with Crippen LogP contribution >= 0.6 is 0 Å². The monoisotopic (exact) mass is 348 g/mol. The van der Waals surface area contributed by atoms with Crippen LogP contribution in [0.3, 0.4) is 0 Å². The lowest BCUT2D eigenvalue weighted by molar-refractivity contribution is 0.0672. The number of hydrogen-bond donors (Lipinski definition) is 1. The highest BCUT2D eigenvalue weighted by Gasteiger charge is 2.29. The summed E-state index contributed by atoms with van der Waals surface area (Å²) in [6, 6.07) is 13.5. The van der Waals surface area contributed by atoms with Crippen molar-refractivity contribution in [3.05, 3.63) is 78.4 Å². The maximum Gasteiger partial charge on any atom is 0.255 e. The first-order valence-electron chi connectivity index (χ1n) is 8.74. The Labute approximate surface area is 151 Å². The molecule has 3 aromatic rings. The van der Waals surface area contributed by atoms with Crippen LogP contribution in [0.1, 0.15) is 34.8 Å². The smallest absolute Gasteiger partial charge is 0.255 e. The van der Waals surface area contributed by atoms with E-state index >= 15 is 0 Å². The van der Waals surface area contributed by atoms with E-state index in [9.17, 15) is 4.79 Å². The Kier molecular flexibility index (Phi) is 4.75. The topological polar surface area (TPSA) is 69.0 Å². The highest BCUT2D eigenvalue weighted by atomic mass is 16.5. The standard InChI is InChI=1S/C20H20N4O2/c25-20(16-12-22-24(14-16)17-8-4-10-21-13-17)23-19(18-9-5-11-26-18)15-6-2-1-3-7-15/h1-4,6-8,10,12-14,18-19H,5,9,11H2,(H,23,25)/t18-,19-/m0/s1. The quantitative estimate of drug-likeness (QED) is 0.770. The Morgan fingerprint density at radius 1 is 1.19 bits per heavy atom. The van der Waals surface area contributed by atoms with Gasteiger partial charge in [0.05, 0.1) is 35.8 Å². The number of amides is 1. The van der Waals surface area contributed by atoms with E-state index in [1.54, 1.807) is 29.5 Å². The second kappa shape index (κ2) is 7.49. The van der Waals surface area contributed by atoms with Gasteiger partial charge < -0.3 is 10.1 Å². The predicted molar refractivity (Wildman–Crippen MR) is 97.0 cm³/mol. The van der Waals surface area contributed by atoms with Gasteiger partial charge in [-0.25, -0.2) is 4.68 Å². The summed E-state index contributed by atoms with van der Waals surface area (Å²) in [4.78, 5) is 16.9. The minimum absolute atomic E-state index is 0.00489. The third-order valence-electron chi connectivity index (χ3n) is 4.54. The minimum Gasteiger partial charge on any atom is -0.376 e. The second-order valence-corrected chi connectivity index (χ2v) is 6.30. The van der Waals surface area contributed by atoms with Crippen molar-refractivity contribution in [1.29, 1.82) is 0 Å². The summed E-state index contributed by atoms with van der Waals surface area (Å²) >= 11 is 0. The van der Waals surface area contributed by atoms with Crippen molar-refractivity contribution in [3.8, 4) is 5.69 Å². The number of carbonyl (C=O) groups excluding carboxylic acids is 1. The molecule has 2 aromatic heterocycles. The molecule has 1 N–H and O–H groups in total. The normalized spacial score (nSPS) is 17.8. The molecule has 26 heavy (non-hydrogen) atoms. The molecule has 132 valence electrons. The van der Waals surface area contributed by atoms with Crippen LogP contribution in [0.25, 0.3) is 5.69 Å². The van der Waals surface area contributed by atoms with Gasteiger partial charge in [-0.1, -0.05) is 30.3 Å². The van der Waals surface area contributed by atoms with Gasteiger partial charge in [-0.2, -0.15) is 5.10 Å². The molecular weight excluding hydrogens is 328 g/mol. The van der Waals surface area contributed by atoms with Crippen molar-refractivity contribution in [2.45, 2.75) is 25.0 Å². The first-order chi connectivity index (χ1) is 12.8.